The molecule has 1 aromatic carbocycles. The Morgan fingerprint density at radius 3 is 2.90 bits per heavy atom. The number of hydrogen-bond acceptors (Lipinski definition) is 7. The number of carbonyl (C=O) groups excluding carboxylic acids is 1. The van der Waals surface area contributed by atoms with Gasteiger partial charge >= 0.3 is 0 Å². The van der Waals surface area contributed by atoms with E-state index < -0.39 is 0 Å². The Bertz CT molecular complexity index is 871. The molecule has 1 amide bonds. The zero-order valence-electron chi connectivity index (χ0n) is 16.8. The van der Waals surface area contributed by atoms with Crippen LogP contribution in [-0.4, -0.2) is 88.0 Å². The number of amides is 1. The van der Waals surface area contributed by atoms with Gasteiger partial charge < -0.3 is 19.3 Å². The van der Waals surface area contributed by atoms with Crippen LogP contribution in [0.25, 0.3) is 5.69 Å². The first-order chi connectivity index (χ1) is 14.0. The summed E-state index contributed by atoms with van der Waals surface area (Å²) in [6.07, 6.45) is 4.06. The molecule has 4 atom stereocenters. The number of benzene rings is 1. The van der Waals surface area contributed by atoms with Gasteiger partial charge in [-0.3, -0.25) is 4.79 Å². The molecule has 9 heteroatoms. The van der Waals surface area contributed by atoms with Gasteiger partial charge in [-0.25, -0.2) is 4.68 Å². The Kier molecular flexibility index (Phi) is 4.51. The van der Waals surface area contributed by atoms with Crippen LogP contribution in [0.15, 0.2) is 30.6 Å². The van der Waals surface area contributed by atoms with Crippen molar-refractivity contribution >= 4 is 5.91 Å². The summed E-state index contributed by atoms with van der Waals surface area (Å²) in [5.74, 6) is 1.61. The standard InChI is InChI=1S/C20H26N6O3/c1-24(2)9-16-17-10-25(12-20(17)8-7-18(16)29-20)19(27)11-28-15-5-3-14(4-6-15)26-13-21-22-23-26/h3-6,13,16-18H,7-12H2,1-2H3/t16-,17+,18+,20+/m1/s1. The zero-order chi connectivity index (χ0) is 20.0. The maximum atomic E-state index is 12.8. The predicted octanol–water partition coefficient (Wildman–Crippen LogP) is 0.609. The molecule has 2 aromatic rings. The van der Waals surface area contributed by atoms with Crippen molar-refractivity contribution in [2.24, 2.45) is 11.8 Å². The van der Waals surface area contributed by atoms with E-state index in [1.165, 1.54) is 6.33 Å². The van der Waals surface area contributed by atoms with E-state index in [0.717, 1.165) is 31.6 Å². The van der Waals surface area contributed by atoms with Crippen LogP contribution >= 0.6 is 0 Å². The fourth-order valence-electron chi connectivity index (χ4n) is 5.26. The molecule has 9 nitrogen and oxygen atoms in total. The summed E-state index contributed by atoms with van der Waals surface area (Å²) in [6.45, 7) is 2.52. The van der Waals surface area contributed by atoms with E-state index in [0.29, 0.717) is 30.2 Å². The van der Waals surface area contributed by atoms with Crippen molar-refractivity contribution in [3.8, 4) is 11.4 Å². The molecule has 0 saturated carbocycles. The Labute approximate surface area is 169 Å². The second-order valence-electron chi connectivity index (χ2n) is 8.60. The minimum absolute atomic E-state index is 0.0222. The monoisotopic (exact) mass is 398 g/mol. The van der Waals surface area contributed by atoms with Crippen LogP contribution in [-0.2, 0) is 9.53 Å². The van der Waals surface area contributed by atoms with Gasteiger partial charge in [-0.1, -0.05) is 0 Å². The van der Waals surface area contributed by atoms with E-state index in [-0.39, 0.29) is 18.1 Å². The topological polar surface area (TPSA) is 85.6 Å². The first-order valence-corrected chi connectivity index (χ1v) is 10.1. The van der Waals surface area contributed by atoms with Crippen LogP contribution in [0.4, 0.5) is 0 Å². The maximum Gasteiger partial charge on any atom is 0.260 e. The Morgan fingerprint density at radius 1 is 1.34 bits per heavy atom. The predicted molar refractivity (Wildman–Crippen MR) is 104 cm³/mol. The number of rotatable bonds is 6. The molecule has 154 valence electrons. The summed E-state index contributed by atoms with van der Waals surface area (Å²) in [5, 5.41) is 11.1. The van der Waals surface area contributed by atoms with Gasteiger partial charge in [0.05, 0.1) is 23.9 Å². The van der Waals surface area contributed by atoms with E-state index in [9.17, 15) is 4.79 Å². The maximum absolute atomic E-state index is 12.8. The molecule has 29 heavy (non-hydrogen) atoms. The fraction of sp³-hybridized carbons (Fsp3) is 0.600. The second kappa shape index (κ2) is 7.07. The van der Waals surface area contributed by atoms with E-state index in [4.69, 9.17) is 9.47 Å². The highest BCUT2D eigenvalue weighted by atomic mass is 16.5. The lowest BCUT2D eigenvalue weighted by Gasteiger charge is -2.30. The molecule has 3 aliphatic heterocycles. The largest absolute Gasteiger partial charge is 0.484 e. The minimum atomic E-state index is -0.130. The molecule has 0 radical (unpaired) electrons. The van der Waals surface area contributed by atoms with Gasteiger partial charge in [-0.15, -0.1) is 5.10 Å². The SMILES string of the molecule is CN(C)C[C@H]1[C@@H]2CC[C@@]3(CN(C(=O)COc4ccc(-n5cnnn5)cc4)C[C@@H]13)O2. The van der Waals surface area contributed by atoms with Crippen molar-refractivity contribution in [1.82, 2.24) is 30.0 Å². The Balaban J connectivity index is 1.19. The van der Waals surface area contributed by atoms with Crippen LogP contribution < -0.4 is 4.74 Å². The van der Waals surface area contributed by atoms with Crippen LogP contribution in [0.3, 0.4) is 0 Å². The minimum Gasteiger partial charge on any atom is -0.484 e. The quantitative estimate of drug-likeness (QED) is 0.705. The van der Waals surface area contributed by atoms with Gasteiger partial charge in [0, 0.05) is 24.9 Å². The highest BCUT2D eigenvalue weighted by Gasteiger charge is 2.63. The van der Waals surface area contributed by atoms with Crippen molar-refractivity contribution in [1.29, 1.82) is 0 Å². The first-order valence-electron chi connectivity index (χ1n) is 10.1. The van der Waals surface area contributed by atoms with E-state index in [1.54, 1.807) is 4.68 Å². The third-order valence-electron chi connectivity index (χ3n) is 6.53. The molecule has 0 unspecified atom stereocenters. The average Bonchev–Trinajstić information content (AvgIpc) is 3.48. The van der Waals surface area contributed by atoms with Gasteiger partial charge in [0.1, 0.15) is 12.1 Å². The van der Waals surface area contributed by atoms with Gasteiger partial charge in [0.15, 0.2) is 6.61 Å². The molecule has 1 aromatic heterocycles. The summed E-state index contributed by atoms with van der Waals surface area (Å²) in [7, 11) is 4.21. The number of carbonyl (C=O) groups is 1. The fourth-order valence-corrected chi connectivity index (χ4v) is 5.26. The zero-order valence-corrected chi connectivity index (χ0v) is 16.8. The highest BCUT2D eigenvalue weighted by molar-refractivity contribution is 5.78. The summed E-state index contributed by atoms with van der Waals surface area (Å²) in [4.78, 5) is 17.0. The summed E-state index contributed by atoms with van der Waals surface area (Å²) in [6, 6.07) is 7.35. The van der Waals surface area contributed by atoms with E-state index in [1.807, 2.05) is 29.2 Å². The molecule has 1 spiro atoms. The summed E-state index contributed by atoms with van der Waals surface area (Å²) >= 11 is 0. The van der Waals surface area contributed by atoms with Crippen molar-refractivity contribution < 1.29 is 14.3 Å². The smallest absolute Gasteiger partial charge is 0.260 e. The normalized spacial score (nSPS) is 30.2. The molecule has 3 aliphatic rings. The number of tetrazole rings is 1. The van der Waals surface area contributed by atoms with Gasteiger partial charge in [0.25, 0.3) is 5.91 Å². The number of hydrogen-bond donors (Lipinski definition) is 0. The lowest BCUT2D eigenvalue weighted by atomic mass is 9.73. The molecule has 3 fully saturated rings. The molecule has 4 heterocycles. The number of fused-ring (bicyclic) bond motifs is 1. The average molecular weight is 398 g/mol. The molecule has 0 N–H and O–H groups in total. The van der Waals surface area contributed by atoms with Crippen LogP contribution in [0.1, 0.15) is 12.8 Å². The van der Waals surface area contributed by atoms with Crippen LogP contribution in [0.5, 0.6) is 5.75 Å². The lowest BCUT2D eigenvalue weighted by molar-refractivity contribution is -0.133. The second-order valence-corrected chi connectivity index (χ2v) is 8.60. The van der Waals surface area contributed by atoms with E-state index in [2.05, 4.69) is 34.5 Å². The Morgan fingerprint density at radius 2 is 2.17 bits per heavy atom. The third-order valence-corrected chi connectivity index (χ3v) is 6.53. The number of ether oxygens (including phenoxy) is 2. The van der Waals surface area contributed by atoms with Crippen molar-refractivity contribution in [3.63, 3.8) is 0 Å². The first kappa shape index (κ1) is 18.5. The molecule has 5 rings (SSSR count). The molecular formula is C20H26N6O3. The number of likely N-dealkylation sites (tertiary alicyclic amines) is 1. The molecule has 3 saturated heterocycles. The summed E-state index contributed by atoms with van der Waals surface area (Å²) < 4.78 is 13.7. The van der Waals surface area contributed by atoms with Crippen molar-refractivity contribution in [3.05, 3.63) is 30.6 Å². The lowest BCUT2D eigenvalue weighted by Crippen LogP contribution is -2.40. The van der Waals surface area contributed by atoms with Gasteiger partial charge in [-0.05, 0) is 61.6 Å². The van der Waals surface area contributed by atoms with Crippen molar-refractivity contribution in [2.45, 2.75) is 24.5 Å². The number of nitrogens with zero attached hydrogens (tertiary/aromatic N) is 6. The van der Waals surface area contributed by atoms with Gasteiger partial charge in [0.2, 0.25) is 0 Å². The highest BCUT2D eigenvalue weighted by Crippen LogP contribution is 2.54. The third kappa shape index (κ3) is 3.28. The van der Waals surface area contributed by atoms with Crippen LogP contribution in [0, 0.1) is 11.8 Å². The molecule has 2 bridgehead atoms. The molecular weight excluding hydrogens is 372 g/mol. The van der Waals surface area contributed by atoms with E-state index >= 15 is 0 Å². The summed E-state index contributed by atoms with van der Waals surface area (Å²) in [5.41, 5.74) is 0.703. The van der Waals surface area contributed by atoms with Gasteiger partial charge in [-0.2, -0.15) is 0 Å². The molecule has 0 aliphatic carbocycles. The number of aromatic nitrogens is 4. The van der Waals surface area contributed by atoms with Crippen LogP contribution in [0.2, 0.25) is 0 Å². The Hall–Kier alpha value is -2.52. The van der Waals surface area contributed by atoms with Crippen molar-refractivity contribution in [2.75, 3.05) is 40.3 Å².